The summed E-state index contributed by atoms with van der Waals surface area (Å²) in [5, 5.41) is 16.1. The average molecular weight is 483 g/mol. The van der Waals surface area contributed by atoms with Gasteiger partial charge in [0.1, 0.15) is 12.2 Å². The highest BCUT2D eigenvalue weighted by molar-refractivity contribution is 7.16. The summed E-state index contributed by atoms with van der Waals surface area (Å²) in [6.07, 6.45) is 3.03. The van der Waals surface area contributed by atoms with E-state index < -0.39 is 18.1 Å². The van der Waals surface area contributed by atoms with E-state index in [0.29, 0.717) is 34.4 Å². The van der Waals surface area contributed by atoms with Crippen LogP contribution in [0, 0.1) is 5.92 Å². The molecule has 172 valence electrons. The number of fused-ring (bicyclic) bond motifs is 2. The van der Waals surface area contributed by atoms with E-state index in [4.69, 9.17) is 16.3 Å². The van der Waals surface area contributed by atoms with Gasteiger partial charge in [0, 0.05) is 53.5 Å². The predicted octanol–water partition coefficient (Wildman–Crippen LogP) is 4.21. The van der Waals surface area contributed by atoms with Crippen LogP contribution in [-0.4, -0.2) is 53.5 Å². The van der Waals surface area contributed by atoms with Crippen molar-refractivity contribution in [2.45, 2.75) is 37.9 Å². The van der Waals surface area contributed by atoms with Gasteiger partial charge in [-0.2, -0.15) is 13.9 Å². The Bertz CT molecular complexity index is 1040. The lowest BCUT2D eigenvalue weighted by Crippen LogP contribution is -2.50. The first-order valence-corrected chi connectivity index (χ1v) is 11.9. The third-order valence-electron chi connectivity index (χ3n) is 6.73. The van der Waals surface area contributed by atoms with Crippen molar-refractivity contribution in [3.8, 4) is 0 Å². The summed E-state index contributed by atoms with van der Waals surface area (Å²) in [7, 11) is 0. The number of ether oxygens (including phenoxy) is 1. The Morgan fingerprint density at radius 2 is 2.12 bits per heavy atom. The van der Waals surface area contributed by atoms with Gasteiger partial charge in [0.2, 0.25) is 0 Å². The summed E-state index contributed by atoms with van der Waals surface area (Å²) in [5.41, 5.74) is 1.15. The number of nitrogens with zero attached hydrogens (tertiary/aromatic N) is 4. The molecule has 5 rings (SSSR count). The molecule has 1 fully saturated rings. The molecule has 0 aliphatic carbocycles. The summed E-state index contributed by atoms with van der Waals surface area (Å²) >= 11 is 7.33. The van der Waals surface area contributed by atoms with Crippen molar-refractivity contribution in [1.29, 1.82) is 0 Å². The summed E-state index contributed by atoms with van der Waals surface area (Å²) < 4.78 is 34.9. The molecular formula is C22H25ClF2N4O2S. The number of hydrazone groups is 1. The van der Waals surface area contributed by atoms with E-state index in [2.05, 4.69) is 15.0 Å². The Morgan fingerprint density at radius 3 is 2.88 bits per heavy atom. The molecule has 1 atom stereocenters. The highest BCUT2D eigenvalue weighted by atomic mass is 35.5. The molecule has 2 aromatic heterocycles. The number of anilines is 1. The molecule has 1 unspecified atom stereocenters. The molecule has 10 heteroatoms. The van der Waals surface area contributed by atoms with Crippen molar-refractivity contribution in [2.75, 3.05) is 37.8 Å². The number of pyridine rings is 1. The maximum atomic E-state index is 14.3. The van der Waals surface area contributed by atoms with Crippen LogP contribution < -0.4 is 5.01 Å². The molecule has 0 radical (unpaired) electrons. The predicted molar refractivity (Wildman–Crippen MR) is 121 cm³/mol. The molecule has 6 nitrogen and oxygen atoms in total. The zero-order valence-electron chi connectivity index (χ0n) is 17.7. The molecule has 1 saturated heterocycles. The number of piperidine rings is 1. The third kappa shape index (κ3) is 3.84. The number of halogens is 3. The summed E-state index contributed by atoms with van der Waals surface area (Å²) in [6.45, 7) is 4.40. The zero-order chi connectivity index (χ0) is 22.5. The number of aliphatic hydroxyl groups is 1. The lowest BCUT2D eigenvalue weighted by atomic mass is 9.84. The van der Waals surface area contributed by atoms with Crippen LogP contribution in [-0.2, 0) is 22.9 Å². The van der Waals surface area contributed by atoms with Gasteiger partial charge in [0.25, 0.3) is 5.92 Å². The number of aromatic nitrogens is 1. The highest BCUT2D eigenvalue weighted by Crippen LogP contribution is 2.52. The third-order valence-corrected chi connectivity index (χ3v) is 8.18. The lowest BCUT2D eigenvalue weighted by molar-refractivity contribution is -0.181. The quantitative estimate of drug-likeness (QED) is 0.707. The van der Waals surface area contributed by atoms with Crippen LogP contribution in [0.5, 0.6) is 0 Å². The van der Waals surface area contributed by atoms with Gasteiger partial charge in [-0.3, -0.25) is 0 Å². The standard InChI is InChI=1S/C22H25ClF2N4O2S/c1-14-16(11-29(27-14)20-15(12-30)3-2-6-26-20)10-28-7-4-21(5-8-28)19-17(9-18(23)32-19)22(24,25)13-31-21/h2-3,6,9,16,30H,4-5,7-8,10-13H2,1H3. The van der Waals surface area contributed by atoms with Crippen LogP contribution in [0.25, 0.3) is 0 Å². The number of thiophene rings is 1. The molecule has 1 N–H and O–H groups in total. The van der Waals surface area contributed by atoms with Crippen molar-refractivity contribution >= 4 is 34.5 Å². The smallest absolute Gasteiger partial charge is 0.297 e. The average Bonchev–Trinajstić information content (AvgIpc) is 3.37. The van der Waals surface area contributed by atoms with Crippen LogP contribution in [0.1, 0.15) is 35.8 Å². The van der Waals surface area contributed by atoms with Crippen LogP contribution in [0.4, 0.5) is 14.6 Å². The fourth-order valence-electron chi connectivity index (χ4n) is 4.89. The Kier molecular flexibility index (Phi) is 5.74. The number of aliphatic hydroxyl groups excluding tert-OH is 1. The SMILES string of the molecule is CC1=NN(c2ncccc2CO)CC1CN1CCC2(CC1)OCC(F)(F)c1cc(Cl)sc12. The Balaban J connectivity index is 1.25. The molecule has 32 heavy (non-hydrogen) atoms. The fraction of sp³-hybridized carbons (Fsp3) is 0.545. The van der Waals surface area contributed by atoms with Gasteiger partial charge in [0.05, 0.1) is 17.5 Å². The van der Waals surface area contributed by atoms with Gasteiger partial charge in [-0.1, -0.05) is 17.7 Å². The highest BCUT2D eigenvalue weighted by Gasteiger charge is 2.51. The van der Waals surface area contributed by atoms with Gasteiger partial charge in [-0.05, 0) is 31.9 Å². The van der Waals surface area contributed by atoms with Crippen LogP contribution in [0.15, 0.2) is 29.5 Å². The van der Waals surface area contributed by atoms with Crippen molar-refractivity contribution in [1.82, 2.24) is 9.88 Å². The molecule has 0 bridgehead atoms. The number of rotatable bonds is 4. The zero-order valence-corrected chi connectivity index (χ0v) is 19.3. The van der Waals surface area contributed by atoms with Crippen LogP contribution >= 0.6 is 22.9 Å². The second kappa shape index (κ2) is 8.29. The molecule has 3 aliphatic rings. The molecule has 1 spiro atoms. The maximum absolute atomic E-state index is 14.3. The van der Waals surface area contributed by atoms with Crippen LogP contribution in [0.2, 0.25) is 4.34 Å². The molecule has 0 saturated carbocycles. The van der Waals surface area contributed by atoms with Gasteiger partial charge in [-0.15, -0.1) is 11.3 Å². The van der Waals surface area contributed by atoms with Crippen molar-refractivity contribution in [3.05, 3.63) is 44.7 Å². The first kappa shape index (κ1) is 22.2. The molecule has 2 aromatic rings. The second-order valence-electron chi connectivity index (χ2n) is 8.75. The Hall–Kier alpha value is -1.65. The molecular weight excluding hydrogens is 458 g/mol. The monoisotopic (exact) mass is 482 g/mol. The van der Waals surface area contributed by atoms with E-state index >= 15 is 0 Å². The Labute approximate surface area is 194 Å². The minimum atomic E-state index is -2.98. The molecule has 3 aliphatic heterocycles. The summed E-state index contributed by atoms with van der Waals surface area (Å²) in [6, 6.07) is 5.06. The lowest BCUT2D eigenvalue weighted by Gasteiger charge is -2.45. The van der Waals surface area contributed by atoms with E-state index in [1.165, 1.54) is 17.4 Å². The normalized spacial score (nSPS) is 24.6. The van der Waals surface area contributed by atoms with E-state index in [9.17, 15) is 13.9 Å². The molecule has 0 aromatic carbocycles. The topological polar surface area (TPSA) is 61.2 Å². The molecule has 5 heterocycles. The second-order valence-corrected chi connectivity index (χ2v) is 10.4. The van der Waals surface area contributed by atoms with Gasteiger partial charge in [-0.25, -0.2) is 9.99 Å². The van der Waals surface area contributed by atoms with Crippen molar-refractivity contribution in [2.24, 2.45) is 11.0 Å². The number of alkyl halides is 2. The summed E-state index contributed by atoms with van der Waals surface area (Å²) in [4.78, 5) is 7.35. The number of likely N-dealkylation sites (tertiary alicyclic amines) is 1. The first-order valence-electron chi connectivity index (χ1n) is 10.7. The van der Waals surface area contributed by atoms with Crippen LogP contribution in [0.3, 0.4) is 0 Å². The Morgan fingerprint density at radius 1 is 1.34 bits per heavy atom. The maximum Gasteiger partial charge on any atom is 0.297 e. The minimum absolute atomic E-state index is 0.0386. The minimum Gasteiger partial charge on any atom is -0.392 e. The number of hydrogen-bond donors (Lipinski definition) is 1. The van der Waals surface area contributed by atoms with E-state index in [-0.39, 0.29) is 18.1 Å². The van der Waals surface area contributed by atoms with E-state index in [1.807, 2.05) is 18.0 Å². The van der Waals surface area contributed by atoms with E-state index in [0.717, 1.165) is 30.9 Å². The van der Waals surface area contributed by atoms with Crippen molar-refractivity contribution < 1.29 is 18.6 Å². The first-order chi connectivity index (χ1) is 15.3. The van der Waals surface area contributed by atoms with Crippen molar-refractivity contribution in [3.63, 3.8) is 0 Å². The molecule has 0 amide bonds. The fourth-order valence-corrected chi connectivity index (χ4v) is 6.37. The van der Waals surface area contributed by atoms with Gasteiger partial charge >= 0.3 is 0 Å². The number of hydrogen-bond acceptors (Lipinski definition) is 7. The largest absolute Gasteiger partial charge is 0.392 e. The van der Waals surface area contributed by atoms with Gasteiger partial charge < -0.3 is 14.7 Å². The summed E-state index contributed by atoms with van der Waals surface area (Å²) in [5.74, 6) is -2.06. The van der Waals surface area contributed by atoms with E-state index in [1.54, 1.807) is 12.3 Å². The van der Waals surface area contributed by atoms with Gasteiger partial charge in [0.15, 0.2) is 5.82 Å².